The summed E-state index contributed by atoms with van der Waals surface area (Å²) in [5, 5.41) is 0.852. The van der Waals surface area contributed by atoms with Crippen LogP contribution in [-0.2, 0) is 9.53 Å². The van der Waals surface area contributed by atoms with Crippen molar-refractivity contribution in [2.75, 3.05) is 6.61 Å². The van der Waals surface area contributed by atoms with Gasteiger partial charge < -0.3 is 4.74 Å². The van der Waals surface area contributed by atoms with Gasteiger partial charge in [0.25, 0.3) is 0 Å². The summed E-state index contributed by atoms with van der Waals surface area (Å²) in [7, 11) is 0. The quantitative estimate of drug-likeness (QED) is 0.615. The molecule has 1 rings (SSSR count). The van der Waals surface area contributed by atoms with Gasteiger partial charge in [-0.25, -0.2) is 4.98 Å². The second kappa shape index (κ2) is 6.51. The molecule has 0 saturated heterocycles. The minimum absolute atomic E-state index is 0.205. The molecule has 0 aliphatic carbocycles. The van der Waals surface area contributed by atoms with Crippen molar-refractivity contribution in [2.45, 2.75) is 13.3 Å². The van der Waals surface area contributed by atoms with Gasteiger partial charge in [0.15, 0.2) is 0 Å². The summed E-state index contributed by atoms with van der Waals surface area (Å²) in [5.74, 6) is -0.273. The maximum absolute atomic E-state index is 11.0. The van der Waals surface area contributed by atoms with Crippen LogP contribution in [0.15, 0.2) is 18.3 Å². The number of hydrogen-bond donors (Lipinski definition) is 0. The third-order valence-corrected chi connectivity index (χ3v) is 2.24. The molecule has 0 amide bonds. The van der Waals surface area contributed by atoms with Gasteiger partial charge in [-0.3, -0.25) is 4.79 Å². The largest absolute Gasteiger partial charge is 0.466 e. The summed E-state index contributed by atoms with van der Waals surface area (Å²) in [6.45, 7) is 2.14. The number of pyridine rings is 1. The molecule has 0 unspecified atom stereocenters. The molecule has 0 aromatic carbocycles. The standard InChI is InChI=1S/C11H11Cl2NO2/c1-2-16-10(15)5-3-4-8-6-9(12)7-14-11(8)13/h3-4,6-7H,2,5H2,1H3. The van der Waals surface area contributed by atoms with Crippen molar-refractivity contribution in [1.29, 1.82) is 0 Å². The van der Waals surface area contributed by atoms with Gasteiger partial charge in [-0.15, -0.1) is 0 Å². The molecule has 1 heterocycles. The zero-order valence-corrected chi connectivity index (χ0v) is 10.3. The van der Waals surface area contributed by atoms with E-state index in [9.17, 15) is 4.79 Å². The number of nitrogens with zero attached hydrogens (tertiary/aromatic N) is 1. The molecule has 0 N–H and O–H groups in total. The number of carbonyl (C=O) groups is 1. The minimum Gasteiger partial charge on any atom is -0.466 e. The first kappa shape index (κ1) is 13.0. The Labute approximate surface area is 104 Å². The number of halogens is 2. The topological polar surface area (TPSA) is 39.2 Å². The van der Waals surface area contributed by atoms with E-state index < -0.39 is 0 Å². The van der Waals surface area contributed by atoms with Crippen LogP contribution in [0.5, 0.6) is 0 Å². The SMILES string of the molecule is CCOC(=O)CC=Cc1cc(Cl)cnc1Cl. The Kier molecular flexibility index (Phi) is 5.29. The zero-order valence-electron chi connectivity index (χ0n) is 8.74. The van der Waals surface area contributed by atoms with Gasteiger partial charge >= 0.3 is 5.97 Å². The smallest absolute Gasteiger partial charge is 0.309 e. The molecule has 1 aromatic rings. The van der Waals surface area contributed by atoms with Crippen molar-refractivity contribution in [1.82, 2.24) is 4.98 Å². The molecular formula is C11H11Cl2NO2. The number of esters is 1. The van der Waals surface area contributed by atoms with Crippen LogP contribution in [0.3, 0.4) is 0 Å². The summed E-state index contributed by atoms with van der Waals surface area (Å²) in [5.41, 5.74) is 0.679. The average Bonchev–Trinajstić information content (AvgIpc) is 2.23. The summed E-state index contributed by atoms with van der Waals surface area (Å²) in [6.07, 6.45) is 5.03. The molecule has 5 heteroatoms. The molecule has 86 valence electrons. The van der Waals surface area contributed by atoms with Crippen molar-refractivity contribution in [3.63, 3.8) is 0 Å². The zero-order chi connectivity index (χ0) is 12.0. The fourth-order valence-electron chi connectivity index (χ4n) is 1.06. The summed E-state index contributed by atoms with van der Waals surface area (Å²) < 4.78 is 4.77. The predicted molar refractivity (Wildman–Crippen MR) is 64.5 cm³/mol. The van der Waals surface area contributed by atoms with Crippen molar-refractivity contribution in [3.05, 3.63) is 34.1 Å². The Morgan fingerprint density at radius 2 is 2.31 bits per heavy atom. The number of ether oxygens (including phenoxy) is 1. The van der Waals surface area contributed by atoms with Gasteiger partial charge in [0, 0.05) is 11.8 Å². The normalized spacial score (nSPS) is 10.7. The molecule has 1 aromatic heterocycles. The van der Waals surface area contributed by atoms with E-state index in [1.807, 2.05) is 0 Å². The van der Waals surface area contributed by atoms with Gasteiger partial charge in [-0.1, -0.05) is 35.4 Å². The van der Waals surface area contributed by atoms with E-state index in [0.717, 1.165) is 0 Å². The van der Waals surface area contributed by atoms with Crippen LogP contribution < -0.4 is 0 Å². The highest BCUT2D eigenvalue weighted by molar-refractivity contribution is 6.33. The lowest BCUT2D eigenvalue weighted by Gasteiger charge is -1.99. The van der Waals surface area contributed by atoms with Crippen molar-refractivity contribution in [3.8, 4) is 0 Å². The van der Waals surface area contributed by atoms with E-state index >= 15 is 0 Å². The fraction of sp³-hybridized carbons (Fsp3) is 0.273. The van der Waals surface area contributed by atoms with Crippen molar-refractivity contribution < 1.29 is 9.53 Å². The monoisotopic (exact) mass is 259 g/mol. The van der Waals surface area contributed by atoms with Gasteiger partial charge in [0.1, 0.15) is 5.15 Å². The maximum atomic E-state index is 11.0. The second-order valence-electron chi connectivity index (χ2n) is 2.95. The molecule has 0 radical (unpaired) electrons. The van der Waals surface area contributed by atoms with Gasteiger partial charge in [0.2, 0.25) is 0 Å². The van der Waals surface area contributed by atoms with Crippen LogP contribution in [0.25, 0.3) is 6.08 Å². The molecule has 3 nitrogen and oxygen atoms in total. The Bertz CT molecular complexity index is 405. The molecule has 0 bridgehead atoms. The van der Waals surface area contributed by atoms with Crippen LogP contribution in [0.2, 0.25) is 10.2 Å². The van der Waals surface area contributed by atoms with Crippen molar-refractivity contribution in [2.24, 2.45) is 0 Å². The molecular weight excluding hydrogens is 249 g/mol. The maximum Gasteiger partial charge on any atom is 0.309 e. The van der Waals surface area contributed by atoms with E-state index in [1.165, 1.54) is 6.20 Å². The van der Waals surface area contributed by atoms with E-state index in [-0.39, 0.29) is 12.4 Å². The number of aromatic nitrogens is 1. The van der Waals surface area contributed by atoms with E-state index in [4.69, 9.17) is 27.9 Å². The average molecular weight is 260 g/mol. The van der Waals surface area contributed by atoms with Gasteiger partial charge in [-0.2, -0.15) is 0 Å². The summed E-state index contributed by atoms with van der Waals surface area (Å²) >= 11 is 11.6. The highest BCUT2D eigenvalue weighted by Gasteiger charge is 2.00. The number of carbonyl (C=O) groups excluding carboxylic acids is 1. The second-order valence-corrected chi connectivity index (χ2v) is 3.74. The third-order valence-electron chi connectivity index (χ3n) is 1.72. The number of rotatable bonds is 4. The van der Waals surface area contributed by atoms with Gasteiger partial charge in [0.05, 0.1) is 18.1 Å². The van der Waals surface area contributed by atoms with Crippen molar-refractivity contribution >= 4 is 35.2 Å². The van der Waals surface area contributed by atoms with E-state index in [1.54, 1.807) is 25.1 Å². The highest BCUT2D eigenvalue weighted by atomic mass is 35.5. The van der Waals surface area contributed by atoms with Crippen LogP contribution in [0.4, 0.5) is 0 Å². The Morgan fingerprint density at radius 1 is 1.56 bits per heavy atom. The molecule has 0 spiro atoms. The summed E-state index contributed by atoms with van der Waals surface area (Å²) in [4.78, 5) is 14.9. The minimum atomic E-state index is -0.273. The van der Waals surface area contributed by atoms with Crippen LogP contribution >= 0.6 is 23.2 Å². The lowest BCUT2D eigenvalue weighted by atomic mass is 10.2. The Morgan fingerprint density at radius 3 is 3.00 bits per heavy atom. The molecule has 16 heavy (non-hydrogen) atoms. The number of hydrogen-bond acceptors (Lipinski definition) is 3. The van der Waals surface area contributed by atoms with Crippen LogP contribution in [0.1, 0.15) is 18.9 Å². The molecule has 0 aliphatic rings. The van der Waals surface area contributed by atoms with Gasteiger partial charge in [-0.05, 0) is 13.0 Å². The van der Waals surface area contributed by atoms with Crippen LogP contribution in [-0.4, -0.2) is 17.6 Å². The summed E-state index contributed by atoms with van der Waals surface area (Å²) in [6, 6.07) is 1.68. The fourth-order valence-corrected chi connectivity index (χ4v) is 1.39. The lowest BCUT2D eigenvalue weighted by molar-refractivity contribution is -0.142. The van der Waals surface area contributed by atoms with E-state index in [0.29, 0.717) is 22.3 Å². The molecule has 0 saturated carbocycles. The molecule has 0 atom stereocenters. The first-order chi connectivity index (χ1) is 7.63. The molecule has 0 aliphatic heterocycles. The first-order valence-electron chi connectivity index (χ1n) is 4.76. The van der Waals surface area contributed by atoms with E-state index in [2.05, 4.69) is 4.98 Å². The predicted octanol–water partition coefficient (Wildman–Crippen LogP) is 3.35. The first-order valence-corrected chi connectivity index (χ1v) is 5.52. The van der Waals surface area contributed by atoms with Crippen LogP contribution in [0, 0.1) is 0 Å². The third kappa shape index (κ3) is 4.21. The lowest BCUT2D eigenvalue weighted by Crippen LogP contribution is -2.01. The Balaban J connectivity index is 2.62. The molecule has 0 fully saturated rings. The highest BCUT2D eigenvalue weighted by Crippen LogP contribution is 2.18. The Hall–Kier alpha value is -1.06.